The maximum Gasteiger partial charge on any atom is 0.160 e. The average Bonchev–Trinajstić information content (AvgIpc) is 4.01. The summed E-state index contributed by atoms with van der Waals surface area (Å²) in [6, 6.07) is 82.6. The summed E-state index contributed by atoms with van der Waals surface area (Å²) in [5.41, 5.74) is 17.6. The summed E-state index contributed by atoms with van der Waals surface area (Å²) in [5, 5.41) is 7.73. The monoisotopic (exact) mass is 893 g/mol. The fourth-order valence-corrected chi connectivity index (χ4v) is 10.4. The lowest BCUT2D eigenvalue weighted by molar-refractivity contribution is 0.669. The number of hydrogen-bond acceptors (Lipinski definition) is 5. The molecule has 4 aromatic heterocycles. The van der Waals surface area contributed by atoms with Crippen LogP contribution in [0.1, 0.15) is 0 Å². The molecule has 0 atom stereocenters. The fraction of sp³-hybridized carbons (Fsp3) is 0. The van der Waals surface area contributed by atoms with E-state index in [0.29, 0.717) is 5.82 Å². The Balaban J connectivity index is 0.860. The molecule has 0 aliphatic rings. The molecule has 0 spiro atoms. The maximum atomic E-state index is 6.64. The van der Waals surface area contributed by atoms with Crippen molar-refractivity contribution in [1.82, 2.24) is 15.0 Å². The Morgan fingerprint density at radius 3 is 1.60 bits per heavy atom. The summed E-state index contributed by atoms with van der Waals surface area (Å²) in [7, 11) is 0. The molecular formula is C65H39N3O2. The zero-order chi connectivity index (χ0) is 46.1. The second-order valence-corrected chi connectivity index (χ2v) is 17.8. The van der Waals surface area contributed by atoms with Crippen LogP contribution in [0.2, 0.25) is 0 Å². The third-order valence-electron chi connectivity index (χ3n) is 13.7. The van der Waals surface area contributed by atoms with Crippen molar-refractivity contribution in [2.45, 2.75) is 0 Å². The molecule has 70 heavy (non-hydrogen) atoms. The molecule has 14 aromatic rings. The van der Waals surface area contributed by atoms with Gasteiger partial charge in [0.1, 0.15) is 22.3 Å². The van der Waals surface area contributed by atoms with E-state index in [1.54, 1.807) is 0 Å². The van der Waals surface area contributed by atoms with Crippen LogP contribution in [0.3, 0.4) is 0 Å². The molecular weight excluding hydrogens is 855 g/mol. The minimum absolute atomic E-state index is 0.659. The van der Waals surface area contributed by atoms with E-state index < -0.39 is 0 Å². The zero-order valence-electron chi connectivity index (χ0n) is 37.7. The third kappa shape index (κ3) is 6.59. The van der Waals surface area contributed by atoms with E-state index in [1.165, 1.54) is 0 Å². The number of hydrogen-bond donors (Lipinski definition) is 0. The van der Waals surface area contributed by atoms with Crippen LogP contribution in [-0.2, 0) is 0 Å². The lowest BCUT2D eigenvalue weighted by Crippen LogP contribution is -1.96. The van der Waals surface area contributed by atoms with Gasteiger partial charge < -0.3 is 8.83 Å². The molecule has 5 nitrogen and oxygen atoms in total. The van der Waals surface area contributed by atoms with Crippen LogP contribution in [-0.4, -0.2) is 15.0 Å². The molecule has 4 heterocycles. The number of rotatable bonds is 7. The Morgan fingerprint density at radius 2 is 0.843 bits per heavy atom. The molecule has 0 aliphatic heterocycles. The Labute approximate surface area is 402 Å². The predicted molar refractivity (Wildman–Crippen MR) is 287 cm³/mol. The van der Waals surface area contributed by atoms with Crippen molar-refractivity contribution in [1.29, 1.82) is 0 Å². The van der Waals surface area contributed by atoms with Crippen molar-refractivity contribution < 1.29 is 8.83 Å². The number of benzene rings is 10. The second-order valence-electron chi connectivity index (χ2n) is 17.8. The van der Waals surface area contributed by atoms with Gasteiger partial charge in [0, 0.05) is 71.1 Å². The first-order valence-electron chi connectivity index (χ1n) is 23.6. The van der Waals surface area contributed by atoms with Crippen LogP contribution < -0.4 is 0 Å². The molecule has 14 rings (SSSR count). The van der Waals surface area contributed by atoms with E-state index in [9.17, 15) is 0 Å². The summed E-state index contributed by atoms with van der Waals surface area (Å²) in [6.45, 7) is 0. The van der Waals surface area contributed by atoms with E-state index in [-0.39, 0.29) is 0 Å². The van der Waals surface area contributed by atoms with E-state index >= 15 is 0 Å². The highest BCUT2D eigenvalue weighted by Gasteiger charge is 2.22. The van der Waals surface area contributed by atoms with Crippen molar-refractivity contribution in [2.75, 3.05) is 0 Å². The van der Waals surface area contributed by atoms with Gasteiger partial charge in [-0.15, -0.1) is 0 Å². The van der Waals surface area contributed by atoms with Gasteiger partial charge in [0.15, 0.2) is 5.82 Å². The van der Waals surface area contributed by atoms with Crippen molar-refractivity contribution in [2.24, 2.45) is 0 Å². The molecule has 0 aliphatic carbocycles. The molecule has 0 radical (unpaired) electrons. The van der Waals surface area contributed by atoms with Gasteiger partial charge in [0.2, 0.25) is 0 Å². The lowest BCUT2D eigenvalue weighted by atomic mass is 9.89. The highest BCUT2D eigenvalue weighted by Crippen LogP contribution is 2.47. The fourth-order valence-electron chi connectivity index (χ4n) is 10.4. The SMILES string of the molecule is c1ccc(-c2cc(-c3cccc(-c4cccc5c4oc4ccccc45)c3)nc(-c3ccc(-c4ccc(-c5c6c(cc7c(-c8ccccc8)nc8ccccc8c57)oc5ccccc56)cc4)cc3)n2)cc1. The Morgan fingerprint density at radius 1 is 0.286 bits per heavy atom. The van der Waals surface area contributed by atoms with Crippen LogP contribution in [0.5, 0.6) is 0 Å². The van der Waals surface area contributed by atoms with Crippen LogP contribution in [0, 0.1) is 0 Å². The minimum Gasteiger partial charge on any atom is -0.456 e. The summed E-state index contributed by atoms with van der Waals surface area (Å²) in [5.74, 6) is 0.659. The molecule has 0 unspecified atom stereocenters. The van der Waals surface area contributed by atoms with Gasteiger partial charge in [-0.2, -0.15) is 0 Å². The number of fused-ring (bicyclic) bond motifs is 9. The molecule has 0 amide bonds. The van der Waals surface area contributed by atoms with Gasteiger partial charge in [-0.25, -0.2) is 15.0 Å². The Kier molecular flexibility index (Phi) is 9.14. The van der Waals surface area contributed by atoms with Gasteiger partial charge in [-0.1, -0.05) is 200 Å². The number of furan rings is 2. The number of para-hydroxylation sites is 4. The van der Waals surface area contributed by atoms with E-state index in [0.717, 1.165) is 138 Å². The third-order valence-corrected chi connectivity index (χ3v) is 13.7. The van der Waals surface area contributed by atoms with Gasteiger partial charge in [-0.3, -0.25) is 0 Å². The Hall–Kier alpha value is -9.45. The summed E-state index contributed by atoms with van der Waals surface area (Å²) in [6.07, 6.45) is 0. The normalized spacial score (nSPS) is 11.7. The van der Waals surface area contributed by atoms with Gasteiger partial charge in [-0.05, 0) is 58.7 Å². The van der Waals surface area contributed by atoms with Crippen LogP contribution in [0.15, 0.2) is 245 Å². The summed E-state index contributed by atoms with van der Waals surface area (Å²) >= 11 is 0. The quantitative estimate of drug-likeness (QED) is 0.149. The minimum atomic E-state index is 0.659. The second kappa shape index (κ2) is 16.1. The first-order valence-corrected chi connectivity index (χ1v) is 23.6. The van der Waals surface area contributed by atoms with Gasteiger partial charge in [0.05, 0.1) is 22.6 Å². The van der Waals surface area contributed by atoms with E-state index in [4.69, 9.17) is 23.8 Å². The van der Waals surface area contributed by atoms with Crippen molar-refractivity contribution in [3.63, 3.8) is 0 Å². The topological polar surface area (TPSA) is 65.0 Å². The van der Waals surface area contributed by atoms with Gasteiger partial charge in [0.25, 0.3) is 0 Å². The van der Waals surface area contributed by atoms with Crippen molar-refractivity contribution in [3.05, 3.63) is 237 Å². The molecule has 0 saturated carbocycles. The molecule has 326 valence electrons. The van der Waals surface area contributed by atoms with Gasteiger partial charge >= 0.3 is 0 Å². The molecule has 0 fully saturated rings. The molecule has 5 heteroatoms. The highest BCUT2D eigenvalue weighted by molar-refractivity contribution is 6.27. The van der Waals surface area contributed by atoms with Crippen molar-refractivity contribution >= 4 is 65.6 Å². The maximum absolute atomic E-state index is 6.64. The molecule has 0 saturated heterocycles. The average molecular weight is 894 g/mol. The van der Waals surface area contributed by atoms with E-state index in [2.05, 4.69) is 194 Å². The Bertz CT molecular complexity index is 4330. The smallest absolute Gasteiger partial charge is 0.160 e. The number of aromatic nitrogens is 3. The number of pyridine rings is 1. The lowest BCUT2D eigenvalue weighted by Gasteiger charge is -2.16. The predicted octanol–water partition coefficient (Wildman–Crippen LogP) is 17.6. The zero-order valence-corrected chi connectivity index (χ0v) is 37.7. The largest absolute Gasteiger partial charge is 0.456 e. The standard InChI is InChI=1S/C65H39N3O2/c1-3-15-42(16-4-1)55-39-56(47-20-13-19-46(37-47)48-24-14-25-50-49-21-8-11-27-57(49)70-64(48)50)68-65(67-55)45-35-31-41(32-36-45)40-29-33-43(34-30-40)60-61-51-22-7-10-26-54(51)66-63(44-17-5-2-6-18-44)53(61)38-59-62(60)52-23-9-12-28-58(52)69-59/h1-39H. The van der Waals surface area contributed by atoms with Crippen molar-refractivity contribution in [3.8, 4) is 78.5 Å². The summed E-state index contributed by atoms with van der Waals surface area (Å²) in [4.78, 5) is 15.7. The highest BCUT2D eigenvalue weighted by atomic mass is 16.3. The van der Waals surface area contributed by atoms with Crippen LogP contribution in [0.4, 0.5) is 0 Å². The van der Waals surface area contributed by atoms with Crippen LogP contribution in [0.25, 0.3) is 144 Å². The molecule has 0 N–H and O–H groups in total. The summed E-state index contributed by atoms with van der Waals surface area (Å²) < 4.78 is 13.1. The molecule has 10 aromatic carbocycles. The van der Waals surface area contributed by atoms with E-state index in [1.807, 2.05) is 42.5 Å². The molecule has 0 bridgehead atoms. The van der Waals surface area contributed by atoms with Crippen LogP contribution >= 0.6 is 0 Å². The number of nitrogens with zero attached hydrogens (tertiary/aromatic N) is 3. The first-order chi connectivity index (χ1) is 34.7. The first kappa shape index (κ1) is 39.7.